The maximum absolute atomic E-state index is 12.1. The fraction of sp³-hybridized carbons (Fsp3) is 0.409. The number of rotatable bonds is 11. The van der Waals surface area contributed by atoms with Gasteiger partial charge in [0.15, 0.2) is 0 Å². The molecular weight excluding hydrogens is 370 g/mol. The highest BCUT2D eigenvalue weighted by atomic mass is 32.1. The number of carbonyl (C=O) groups is 2. The summed E-state index contributed by atoms with van der Waals surface area (Å²) in [5.41, 5.74) is 4.98. The molecule has 0 unspecified atom stereocenters. The Labute approximate surface area is 171 Å². The summed E-state index contributed by atoms with van der Waals surface area (Å²) in [5, 5.41) is 8.92. The van der Waals surface area contributed by atoms with Crippen molar-refractivity contribution in [2.45, 2.75) is 58.8 Å². The lowest BCUT2D eigenvalue weighted by Crippen LogP contribution is -2.18. The Balaban J connectivity index is 1.76. The van der Waals surface area contributed by atoms with Crippen molar-refractivity contribution in [2.75, 3.05) is 5.32 Å². The predicted molar refractivity (Wildman–Crippen MR) is 117 cm³/mol. The van der Waals surface area contributed by atoms with E-state index in [1.54, 1.807) is 6.07 Å². The second kappa shape index (κ2) is 12.1. The van der Waals surface area contributed by atoms with Crippen molar-refractivity contribution in [3.8, 4) is 0 Å². The van der Waals surface area contributed by atoms with E-state index >= 15 is 0 Å². The minimum absolute atomic E-state index is 0.0466. The molecule has 0 bridgehead atoms. The zero-order valence-corrected chi connectivity index (χ0v) is 17.5. The van der Waals surface area contributed by atoms with E-state index in [2.05, 4.69) is 22.8 Å². The molecule has 0 aliphatic carbocycles. The highest BCUT2D eigenvalue weighted by Crippen LogP contribution is 2.14. The third-order valence-electron chi connectivity index (χ3n) is 4.41. The smallest absolute Gasteiger partial charge is 0.265 e. The van der Waals surface area contributed by atoms with E-state index in [1.807, 2.05) is 42.6 Å². The van der Waals surface area contributed by atoms with Gasteiger partial charge in [0.2, 0.25) is 5.91 Å². The minimum Gasteiger partial charge on any atom is -0.321 e. The number of nitrogens with one attached hydrogen (secondary N) is 2. The van der Waals surface area contributed by atoms with Gasteiger partial charge in [0, 0.05) is 12.1 Å². The summed E-state index contributed by atoms with van der Waals surface area (Å²) < 4.78 is 0. The second-order valence-corrected chi connectivity index (χ2v) is 7.71. The van der Waals surface area contributed by atoms with Gasteiger partial charge in [0.05, 0.1) is 10.6 Å². The molecule has 2 amide bonds. The van der Waals surface area contributed by atoms with Crippen molar-refractivity contribution >= 4 is 34.6 Å². The van der Waals surface area contributed by atoms with Gasteiger partial charge < -0.3 is 5.32 Å². The van der Waals surface area contributed by atoms with E-state index in [0.29, 0.717) is 11.3 Å². The first kappa shape index (κ1) is 21.8. The summed E-state index contributed by atoms with van der Waals surface area (Å²) in [6, 6.07) is 11.1. The number of carbonyl (C=O) groups excluding carboxylic acids is 2. The van der Waals surface area contributed by atoms with Crippen molar-refractivity contribution in [1.82, 2.24) is 5.43 Å². The Morgan fingerprint density at radius 2 is 1.71 bits per heavy atom. The van der Waals surface area contributed by atoms with Crippen LogP contribution in [-0.2, 0) is 4.79 Å². The van der Waals surface area contributed by atoms with Crippen LogP contribution in [0.3, 0.4) is 0 Å². The molecule has 0 radical (unpaired) electrons. The highest BCUT2D eigenvalue weighted by Gasteiger charge is 2.07. The third-order valence-corrected chi connectivity index (χ3v) is 5.28. The van der Waals surface area contributed by atoms with E-state index in [-0.39, 0.29) is 11.8 Å². The molecule has 0 spiro atoms. The quantitative estimate of drug-likeness (QED) is 0.294. The molecule has 1 heterocycles. The van der Waals surface area contributed by atoms with Gasteiger partial charge in [-0.25, -0.2) is 5.43 Å². The maximum atomic E-state index is 12.1. The summed E-state index contributed by atoms with van der Waals surface area (Å²) in [6.07, 6.45) is 7.45. The summed E-state index contributed by atoms with van der Waals surface area (Å²) in [5.74, 6) is -0.162. The number of nitrogens with zero attached hydrogens (tertiary/aromatic N) is 1. The number of benzene rings is 1. The Kier molecular flexibility index (Phi) is 9.42. The molecule has 0 aliphatic heterocycles. The Bertz CT molecular complexity index is 768. The predicted octanol–water partition coefficient (Wildman–Crippen LogP) is 5.59. The van der Waals surface area contributed by atoms with Crippen molar-refractivity contribution in [1.29, 1.82) is 0 Å². The van der Waals surface area contributed by atoms with Crippen molar-refractivity contribution in [3.63, 3.8) is 0 Å². The van der Waals surface area contributed by atoms with Crippen LogP contribution in [0.25, 0.3) is 0 Å². The van der Waals surface area contributed by atoms with Crippen LogP contribution in [0.1, 0.15) is 74.0 Å². The summed E-state index contributed by atoms with van der Waals surface area (Å²) in [4.78, 5) is 24.6. The van der Waals surface area contributed by atoms with Crippen LogP contribution >= 0.6 is 11.3 Å². The number of unbranched alkanes of at least 4 members (excludes halogenated alkanes) is 5. The van der Waals surface area contributed by atoms with Gasteiger partial charge in [0.25, 0.3) is 5.91 Å². The summed E-state index contributed by atoms with van der Waals surface area (Å²) in [6.45, 7) is 4.05. The molecule has 0 saturated heterocycles. The zero-order chi connectivity index (χ0) is 20.2. The lowest BCUT2D eigenvalue weighted by atomic mass is 10.1. The fourth-order valence-corrected chi connectivity index (χ4v) is 3.35. The lowest BCUT2D eigenvalue weighted by molar-refractivity contribution is -0.121. The van der Waals surface area contributed by atoms with Crippen LogP contribution in [0.2, 0.25) is 0 Å². The fourth-order valence-electron chi connectivity index (χ4n) is 2.73. The Hall–Kier alpha value is -2.47. The highest BCUT2D eigenvalue weighted by molar-refractivity contribution is 7.12. The van der Waals surface area contributed by atoms with Crippen molar-refractivity contribution < 1.29 is 9.59 Å². The van der Waals surface area contributed by atoms with Gasteiger partial charge in [-0.2, -0.15) is 5.10 Å². The molecule has 0 fully saturated rings. The molecule has 150 valence electrons. The number of hydrogen-bond donors (Lipinski definition) is 2. The number of hydrazone groups is 1. The van der Waals surface area contributed by atoms with Gasteiger partial charge in [0.1, 0.15) is 0 Å². The van der Waals surface area contributed by atoms with Gasteiger partial charge in [-0.15, -0.1) is 11.3 Å². The minimum atomic E-state index is -0.116. The largest absolute Gasteiger partial charge is 0.321 e. The van der Waals surface area contributed by atoms with Crippen LogP contribution < -0.4 is 10.7 Å². The van der Waals surface area contributed by atoms with E-state index < -0.39 is 0 Å². The van der Waals surface area contributed by atoms with Gasteiger partial charge >= 0.3 is 0 Å². The molecule has 28 heavy (non-hydrogen) atoms. The first-order valence-corrected chi connectivity index (χ1v) is 10.8. The molecule has 2 N–H and O–H groups in total. The van der Waals surface area contributed by atoms with Crippen molar-refractivity contribution in [2.24, 2.45) is 5.10 Å². The molecule has 0 atom stereocenters. The average Bonchev–Trinajstić information content (AvgIpc) is 3.24. The lowest BCUT2D eigenvalue weighted by Gasteiger charge is -2.06. The standard InChI is InChI=1S/C22H29N3O2S/c1-3-4-5-6-7-8-11-21(26)25-24-17(2)18-12-14-19(15-13-18)23-22(27)20-10-9-16-28-20/h9-10,12-16H,3-8,11H2,1-2H3,(H,23,27)(H,25,26)/b24-17+. The SMILES string of the molecule is CCCCCCCCC(=O)N/N=C(\C)c1ccc(NC(=O)c2cccs2)cc1. The summed E-state index contributed by atoms with van der Waals surface area (Å²) >= 11 is 1.41. The number of thiophene rings is 1. The maximum Gasteiger partial charge on any atom is 0.265 e. The van der Waals surface area contributed by atoms with Crippen LogP contribution in [0.15, 0.2) is 46.9 Å². The monoisotopic (exact) mass is 399 g/mol. The van der Waals surface area contributed by atoms with Crippen LogP contribution in [0.5, 0.6) is 0 Å². The normalized spacial score (nSPS) is 11.3. The molecule has 6 heteroatoms. The van der Waals surface area contributed by atoms with E-state index in [0.717, 1.165) is 29.8 Å². The number of amides is 2. The summed E-state index contributed by atoms with van der Waals surface area (Å²) in [7, 11) is 0. The second-order valence-electron chi connectivity index (χ2n) is 6.76. The molecule has 5 nitrogen and oxygen atoms in total. The zero-order valence-electron chi connectivity index (χ0n) is 16.7. The molecule has 1 aromatic carbocycles. The molecule has 0 saturated carbocycles. The van der Waals surface area contributed by atoms with Gasteiger partial charge in [-0.1, -0.05) is 57.2 Å². The topological polar surface area (TPSA) is 70.6 Å². The number of anilines is 1. The van der Waals surface area contributed by atoms with Crippen molar-refractivity contribution in [3.05, 3.63) is 52.2 Å². The molecule has 1 aromatic heterocycles. The molecule has 2 aromatic rings. The van der Waals surface area contributed by atoms with Crippen LogP contribution in [0, 0.1) is 0 Å². The molecule has 2 rings (SSSR count). The first-order chi connectivity index (χ1) is 13.6. The van der Waals surface area contributed by atoms with Crippen LogP contribution in [0.4, 0.5) is 5.69 Å². The van der Waals surface area contributed by atoms with Gasteiger partial charge in [-0.05, 0) is 42.5 Å². The molecule has 0 aliphatic rings. The Morgan fingerprint density at radius 3 is 2.39 bits per heavy atom. The molecular formula is C22H29N3O2S. The average molecular weight is 400 g/mol. The van der Waals surface area contributed by atoms with Crippen LogP contribution in [-0.4, -0.2) is 17.5 Å². The van der Waals surface area contributed by atoms with E-state index in [4.69, 9.17) is 0 Å². The van der Waals surface area contributed by atoms with E-state index in [9.17, 15) is 9.59 Å². The number of hydrogen-bond acceptors (Lipinski definition) is 4. The first-order valence-electron chi connectivity index (χ1n) is 9.88. The third kappa shape index (κ3) is 7.64. The Morgan fingerprint density at radius 1 is 1.00 bits per heavy atom. The van der Waals surface area contributed by atoms with Gasteiger partial charge in [-0.3, -0.25) is 9.59 Å². The van der Waals surface area contributed by atoms with E-state index in [1.165, 1.54) is 37.0 Å².